The van der Waals surface area contributed by atoms with Gasteiger partial charge in [0.2, 0.25) is 0 Å². The third-order valence-electron chi connectivity index (χ3n) is 1.22. The van der Waals surface area contributed by atoms with Crippen LogP contribution < -0.4 is 0 Å². The van der Waals surface area contributed by atoms with Gasteiger partial charge in [0.15, 0.2) is 0 Å². The van der Waals surface area contributed by atoms with Crippen LogP contribution in [0, 0.1) is 11.8 Å². The maximum Gasteiger partial charge on any atom is 0.491 e. The van der Waals surface area contributed by atoms with Gasteiger partial charge in [0.05, 0.1) is 25.1 Å². The van der Waals surface area contributed by atoms with Crippen molar-refractivity contribution < 1.29 is 17.7 Å². The number of rotatable bonds is 7. The summed E-state index contributed by atoms with van der Waals surface area (Å²) in [6.45, 7) is 8.31. The Morgan fingerprint density at radius 3 is 1.64 bits per heavy atom. The molecule has 0 aromatic carbocycles. The Morgan fingerprint density at radius 1 is 1.07 bits per heavy atom. The van der Waals surface area contributed by atoms with Crippen molar-refractivity contribution in [3.63, 3.8) is 0 Å². The molecule has 0 saturated carbocycles. The normalized spacial score (nSPS) is 12.8. The first-order chi connectivity index (χ1) is 6.39. The van der Waals surface area contributed by atoms with E-state index in [0.29, 0.717) is 13.2 Å². The number of phosphoric ester groups is 1. The molecule has 0 amide bonds. The molecule has 0 atom stereocenters. The maximum atomic E-state index is 11.6. The summed E-state index contributed by atoms with van der Waals surface area (Å²) in [6.07, 6.45) is 0. The Morgan fingerprint density at radius 2 is 1.43 bits per heavy atom. The monoisotopic (exact) mass is 244 g/mol. The molecule has 4 nitrogen and oxygen atoms in total. The molecule has 0 aliphatic carbocycles. The maximum absolute atomic E-state index is 11.6. The van der Waals surface area contributed by atoms with Crippen molar-refractivity contribution in [3.8, 4) is 0 Å². The highest BCUT2D eigenvalue weighted by molar-refractivity contribution is 7.49. The molecule has 0 aliphatic rings. The van der Waals surface area contributed by atoms with Gasteiger partial charge in [-0.3, -0.25) is 9.05 Å². The summed E-state index contributed by atoms with van der Waals surface area (Å²) in [7, 11) is -3.54. The van der Waals surface area contributed by atoms with Gasteiger partial charge in [-0.15, -0.1) is 0 Å². The van der Waals surface area contributed by atoms with Crippen molar-refractivity contribution in [3.05, 3.63) is 0 Å². The van der Waals surface area contributed by atoms with E-state index in [1.54, 1.807) is 0 Å². The second-order valence-corrected chi connectivity index (χ2v) is 5.86. The van der Waals surface area contributed by atoms with E-state index in [0.717, 1.165) is 0 Å². The minimum atomic E-state index is -3.54. The second kappa shape index (κ2) is 6.81. The second-order valence-electron chi connectivity index (χ2n) is 3.90. The number of hydrogen-bond acceptors (Lipinski definition) is 4. The van der Waals surface area contributed by atoms with Crippen molar-refractivity contribution in [1.29, 1.82) is 0 Å². The van der Waals surface area contributed by atoms with Gasteiger partial charge < -0.3 is 0 Å². The molecule has 0 aliphatic heterocycles. The first-order valence-corrected chi connectivity index (χ1v) is 6.36. The lowest BCUT2D eigenvalue weighted by Gasteiger charge is -2.16. The molecule has 86 valence electrons. The molecular formula is C8H18ClO4P. The summed E-state index contributed by atoms with van der Waals surface area (Å²) >= 11 is 5.06. The fourth-order valence-electron chi connectivity index (χ4n) is 0.558. The average molecular weight is 245 g/mol. The molecule has 0 aromatic heterocycles. The minimum Gasteiger partial charge on any atom is -0.286 e. The van der Waals surface area contributed by atoms with Crippen LogP contribution in [0.5, 0.6) is 0 Å². The Hall–Kier alpha value is 0.400. The lowest BCUT2D eigenvalue weighted by molar-refractivity contribution is 0.134. The summed E-state index contributed by atoms with van der Waals surface area (Å²) in [5.41, 5.74) is 0. The third-order valence-corrected chi connectivity index (χ3v) is 2.82. The molecule has 0 bridgehead atoms. The van der Waals surface area contributed by atoms with Gasteiger partial charge in [0.25, 0.3) is 0 Å². The topological polar surface area (TPSA) is 44.8 Å². The SMILES string of the molecule is CC(C)COP(=O)(OCl)OCC(C)C. The zero-order valence-corrected chi connectivity index (χ0v) is 10.7. The lowest BCUT2D eigenvalue weighted by Crippen LogP contribution is -2.06. The molecule has 0 N–H and O–H groups in total. The smallest absolute Gasteiger partial charge is 0.286 e. The molecule has 0 saturated heterocycles. The van der Waals surface area contributed by atoms with Crippen LogP contribution in [0.2, 0.25) is 0 Å². The van der Waals surface area contributed by atoms with E-state index < -0.39 is 7.82 Å². The highest BCUT2D eigenvalue weighted by atomic mass is 35.5. The Kier molecular flexibility index (Phi) is 7.00. The molecular weight excluding hydrogens is 227 g/mol. The summed E-state index contributed by atoms with van der Waals surface area (Å²) < 4.78 is 25.8. The number of hydrogen-bond donors (Lipinski definition) is 0. The largest absolute Gasteiger partial charge is 0.491 e. The molecule has 0 aromatic rings. The highest BCUT2D eigenvalue weighted by Gasteiger charge is 2.27. The quantitative estimate of drug-likeness (QED) is 0.642. The fraction of sp³-hybridized carbons (Fsp3) is 1.00. The van der Waals surface area contributed by atoms with E-state index in [2.05, 4.69) is 4.08 Å². The third kappa shape index (κ3) is 6.80. The molecule has 0 heterocycles. The first-order valence-electron chi connectivity index (χ1n) is 4.59. The number of phosphoric acid groups is 1. The zero-order valence-electron chi connectivity index (χ0n) is 9.03. The zero-order chi connectivity index (χ0) is 11.2. The van der Waals surface area contributed by atoms with E-state index in [-0.39, 0.29) is 11.8 Å². The van der Waals surface area contributed by atoms with Gasteiger partial charge in [0.1, 0.15) is 0 Å². The van der Waals surface area contributed by atoms with Gasteiger partial charge in [-0.05, 0) is 11.8 Å². The van der Waals surface area contributed by atoms with Crippen molar-refractivity contribution in [2.24, 2.45) is 11.8 Å². The van der Waals surface area contributed by atoms with Crippen LogP contribution in [-0.2, 0) is 17.7 Å². The van der Waals surface area contributed by atoms with Gasteiger partial charge in [-0.25, -0.2) is 4.57 Å². The average Bonchev–Trinajstić information content (AvgIpc) is 2.11. The van der Waals surface area contributed by atoms with Crippen LogP contribution >= 0.6 is 19.7 Å². The van der Waals surface area contributed by atoms with Crippen LogP contribution in [0.4, 0.5) is 0 Å². The standard InChI is InChI=1S/C8H18ClO4P/c1-7(2)5-11-14(10,13-9)12-6-8(3)4/h7-8H,5-6H2,1-4H3. The predicted molar refractivity (Wildman–Crippen MR) is 56.1 cm³/mol. The summed E-state index contributed by atoms with van der Waals surface area (Å²) in [6, 6.07) is 0. The van der Waals surface area contributed by atoms with Crippen LogP contribution in [0.25, 0.3) is 0 Å². The minimum absolute atomic E-state index is 0.248. The molecule has 0 radical (unpaired) electrons. The van der Waals surface area contributed by atoms with Crippen molar-refractivity contribution >= 4 is 19.7 Å². The Labute approximate surface area is 90.7 Å². The molecule has 0 fully saturated rings. The van der Waals surface area contributed by atoms with Gasteiger partial charge >= 0.3 is 7.82 Å². The molecule has 0 spiro atoms. The predicted octanol–water partition coefficient (Wildman–Crippen LogP) is 3.61. The van der Waals surface area contributed by atoms with Crippen LogP contribution in [0.15, 0.2) is 0 Å². The van der Waals surface area contributed by atoms with E-state index >= 15 is 0 Å². The first kappa shape index (κ1) is 14.4. The molecule has 0 rings (SSSR count). The van der Waals surface area contributed by atoms with E-state index in [4.69, 9.17) is 20.9 Å². The molecule has 6 heteroatoms. The highest BCUT2D eigenvalue weighted by Crippen LogP contribution is 2.51. The van der Waals surface area contributed by atoms with E-state index in [1.807, 2.05) is 27.7 Å². The van der Waals surface area contributed by atoms with Crippen molar-refractivity contribution in [2.45, 2.75) is 27.7 Å². The van der Waals surface area contributed by atoms with Crippen LogP contribution in [0.1, 0.15) is 27.7 Å². The Balaban J connectivity index is 3.98. The molecule has 0 unspecified atom stereocenters. The van der Waals surface area contributed by atoms with Gasteiger partial charge in [0, 0.05) is 0 Å². The van der Waals surface area contributed by atoms with Crippen LogP contribution in [0.3, 0.4) is 0 Å². The Bertz CT molecular complexity index is 180. The van der Waals surface area contributed by atoms with Crippen LogP contribution in [-0.4, -0.2) is 13.2 Å². The summed E-state index contributed by atoms with van der Waals surface area (Å²) in [4.78, 5) is 0. The van der Waals surface area contributed by atoms with E-state index in [1.165, 1.54) is 0 Å². The van der Waals surface area contributed by atoms with E-state index in [9.17, 15) is 4.57 Å². The lowest BCUT2D eigenvalue weighted by atomic mass is 10.2. The molecule has 14 heavy (non-hydrogen) atoms. The summed E-state index contributed by atoms with van der Waals surface area (Å²) in [5, 5.41) is 0. The number of halogens is 1. The summed E-state index contributed by atoms with van der Waals surface area (Å²) in [5.74, 6) is 0.496. The van der Waals surface area contributed by atoms with Crippen molar-refractivity contribution in [1.82, 2.24) is 0 Å². The van der Waals surface area contributed by atoms with Gasteiger partial charge in [-0.2, -0.15) is 4.08 Å². The fourth-order valence-corrected chi connectivity index (χ4v) is 1.91. The van der Waals surface area contributed by atoms with Crippen molar-refractivity contribution in [2.75, 3.05) is 13.2 Å². The van der Waals surface area contributed by atoms with Gasteiger partial charge in [-0.1, -0.05) is 27.7 Å².